The zero-order valence-electron chi connectivity index (χ0n) is 8.71. The van der Waals surface area contributed by atoms with Gasteiger partial charge in [-0.2, -0.15) is 0 Å². The minimum Gasteiger partial charge on any atom is -0.393 e. The Balaban J connectivity index is 2.07. The monoisotopic (exact) mass is 238 g/mol. The highest BCUT2D eigenvalue weighted by Gasteiger charge is 2.20. The highest BCUT2D eigenvalue weighted by Crippen LogP contribution is 2.36. The Bertz CT molecular complexity index is 221. The highest BCUT2D eigenvalue weighted by atomic mass is 31.2. The molecule has 0 aromatic rings. The number of phosphoric acid groups is 1. The fourth-order valence-corrected chi connectivity index (χ4v) is 2.40. The third-order valence-corrected chi connectivity index (χ3v) is 3.31. The van der Waals surface area contributed by atoms with Crippen LogP contribution in [0.2, 0.25) is 0 Å². The van der Waals surface area contributed by atoms with E-state index >= 15 is 0 Å². The molecule has 5 nitrogen and oxygen atoms in total. The molecule has 6 heteroatoms. The fourth-order valence-electron chi connectivity index (χ4n) is 2.06. The topological polar surface area (TPSA) is 87.0 Å². The van der Waals surface area contributed by atoms with Gasteiger partial charge in [-0.15, -0.1) is 0 Å². The minimum atomic E-state index is -4.37. The van der Waals surface area contributed by atoms with E-state index < -0.39 is 13.9 Å². The second kappa shape index (κ2) is 5.97. The second-order valence-corrected chi connectivity index (χ2v) is 5.39. The predicted octanol–water partition coefficient (Wildman–Crippen LogP) is 1.43. The van der Waals surface area contributed by atoms with Crippen LogP contribution in [0.3, 0.4) is 0 Å². The first kappa shape index (κ1) is 13.1. The van der Waals surface area contributed by atoms with Crippen LogP contribution in [0.1, 0.15) is 38.5 Å². The first-order valence-corrected chi connectivity index (χ1v) is 6.88. The van der Waals surface area contributed by atoms with Crippen molar-refractivity contribution >= 4 is 7.82 Å². The molecule has 0 saturated heterocycles. The van der Waals surface area contributed by atoms with Gasteiger partial charge < -0.3 is 14.9 Å². The molecular weight excluding hydrogens is 219 g/mol. The Morgan fingerprint density at radius 1 is 1.33 bits per heavy atom. The summed E-state index contributed by atoms with van der Waals surface area (Å²) < 4.78 is 14.6. The number of rotatable bonds is 6. The molecular formula is C9H19O5P. The summed E-state index contributed by atoms with van der Waals surface area (Å²) in [7, 11) is -4.37. The molecule has 0 amide bonds. The van der Waals surface area contributed by atoms with Crippen molar-refractivity contribution in [2.75, 3.05) is 6.61 Å². The molecule has 90 valence electrons. The van der Waals surface area contributed by atoms with E-state index in [0.29, 0.717) is 12.3 Å². The molecule has 0 bridgehead atoms. The quantitative estimate of drug-likeness (QED) is 0.609. The van der Waals surface area contributed by atoms with Crippen LogP contribution < -0.4 is 0 Å². The van der Waals surface area contributed by atoms with Crippen molar-refractivity contribution in [2.24, 2.45) is 5.92 Å². The first-order chi connectivity index (χ1) is 6.97. The van der Waals surface area contributed by atoms with Gasteiger partial charge in [-0.05, 0) is 18.8 Å². The summed E-state index contributed by atoms with van der Waals surface area (Å²) in [6.45, 7) is -0.0852. The van der Waals surface area contributed by atoms with Crippen LogP contribution in [-0.4, -0.2) is 27.6 Å². The van der Waals surface area contributed by atoms with Crippen molar-refractivity contribution in [2.45, 2.75) is 44.6 Å². The van der Waals surface area contributed by atoms with Crippen molar-refractivity contribution in [1.29, 1.82) is 0 Å². The van der Waals surface area contributed by atoms with Crippen molar-refractivity contribution in [3.05, 3.63) is 0 Å². The smallest absolute Gasteiger partial charge is 0.393 e. The summed E-state index contributed by atoms with van der Waals surface area (Å²) in [5.74, 6) is 0.579. The minimum absolute atomic E-state index is 0.0852. The highest BCUT2D eigenvalue weighted by molar-refractivity contribution is 7.46. The average molecular weight is 238 g/mol. The molecule has 1 fully saturated rings. The van der Waals surface area contributed by atoms with E-state index in [1.807, 2.05) is 0 Å². The lowest BCUT2D eigenvalue weighted by Gasteiger charge is -2.15. The summed E-state index contributed by atoms with van der Waals surface area (Å²) in [4.78, 5) is 16.8. The van der Waals surface area contributed by atoms with Crippen molar-refractivity contribution in [3.63, 3.8) is 0 Å². The Morgan fingerprint density at radius 2 is 1.93 bits per heavy atom. The Morgan fingerprint density at radius 3 is 2.47 bits per heavy atom. The van der Waals surface area contributed by atoms with Crippen molar-refractivity contribution in [1.82, 2.24) is 0 Å². The zero-order valence-corrected chi connectivity index (χ0v) is 9.60. The van der Waals surface area contributed by atoms with E-state index in [1.54, 1.807) is 0 Å². The number of aliphatic hydroxyl groups is 1. The molecule has 0 heterocycles. The van der Waals surface area contributed by atoms with E-state index in [4.69, 9.17) is 9.79 Å². The Kier molecular flexibility index (Phi) is 5.23. The maximum Gasteiger partial charge on any atom is 0.469 e. The summed E-state index contributed by atoms with van der Waals surface area (Å²) in [6, 6.07) is 0. The van der Waals surface area contributed by atoms with Gasteiger partial charge in [-0.3, -0.25) is 4.52 Å². The van der Waals surface area contributed by atoms with E-state index in [0.717, 1.165) is 19.3 Å². The normalized spacial score (nSPS) is 20.7. The lowest BCUT2D eigenvalue weighted by Crippen LogP contribution is -2.14. The second-order valence-electron chi connectivity index (χ2n) is 4.15. The lowest BCUT2D eigenvalue weighted by atomic mass is 9.99. The number of hydrogen-bond acceptors (Lipinski definition) is 3. The van der Waals surface area contributed by atoms with E-state index in [1.165, 1.54) is 12.8 Å². The molecule has 1 atom stereocenters. The predicted molar refractivity (Wildman–Crippen MR) is 55.2 cm³/mol. The van der Waals surface area contributed by atoms with Crippen LogP contribution in [0.5, 0.6) is 0 Å². The van der Waals surface area contributed by atoms with Gasteiger partial charge in [0.1, 0.15) is 0 Å². The van der Waals surface area contributed by atoms with Gasteiger partial charge in [0.2, 0.25) is 0 Å². The molecule has 1 aliphatic rings. The number of aliphatic hydroxyl groups excluding tert-OH is 1. The summed E-state index contributed by atoms with van der Waals surface area (Å²) in [5.41, 5.74) is 0. The summed E-state index contributed by atoms with van der Waals surface area (Å²) in [6.07, 6.45) is 5.31. The van der Waals surface area contributed by atoms with Gasteiger partial charge in [-0.25, -0.2) is 4.57 Å². The van der Waals surface area contributed by atoms with Gasteiger partial charge in [0.05, 0.1) is 12.7 Å². The summed E-state index contributed by atoms with van der Waals surface area (Å²) in [5, 5.41) is 9.57. The molecule has 1 aliphatic carbocycles. The number of hydrogen-bond donors (Lipinski definition) is 3. The zero-order chi connectivity index (χ0) is 11.3. The summed E-state index contributed by atoms with van der Waals surface area (Å²) >= 11 is 0. The largest absolute Gasteiger partial charge is 0.469 e. The van der Waals surface area contributed by atoms with Crippen LogP contribution in [0, 0.1) is 5.92 Å². The van der Waals surface area contributed by atoms with Crippen molar-refractivity contribution in [3.8, 4) is 0 Å². The van der Waals surface area contributed by atoms with E-state index in [2.05, 4.69) is 4.52 Å². The third kappa shape index (κ3) is 6.28. The maximum absolute atomic E-state index is 10.3. The molecule has 3 N–H and O–H groups in total. The lowest BCUT2D eigenvalue weighted by molar-refractivity contribution is 0.103. The van der Waals surface area contributed by atoms with Crippen LogP contribution in [0.4, 0.5) is 0 Å². The van der Waals surface area contributed by atoms with Crippen LogP contribution in [0.15, 0.2) is 0 Å². The van der Waals surface area contributed by atoms with E-state index in [-0.39, 0.29) is 6.61 Å². The fraction of sp³-hybridized carbons (Fsp3) is 1.00. The molecule has 1 unspecified atom stereocenters. The van der Waals surface area contributed by atoms with Crippen LogP contribution >= 0.6 is 7.82 Å². The average Bonchev–Trinajstić information content (AvgIpc) is 2.54. The van der Waals surface area contributed by atoms with Crippen LogP contribution in [0.25, 0.3) is 0 Å². The molecule has 0 radical (unpaired) electrons. The molecule has 15 heavy (non-hydrogen) atoms. The van der Waals surface area contributed by atoms with Gasteiger partial charge in [0, 0.05) is 0 Å². The van der Waals surface area contributed by atoms with Gasteiger partial charge in [0.25, 0.3) is 0 Å². The van der Waals surface area contributed by atoms with Gasteiger partial charge >= 0.3 is 7.82 Å². The maximum atomic E-state index is 10.3. The number of phosphoric ester groups is 1. The SMILES string of the molecule is O=P(O)(O)OCCC(O)CC1CCCC1. The van der Waals surface area contributed by atoms with Crippen LogP contribution in [-0.2, 0) is 9.09 Å². The Hall–Kier alpha value is 0.0700. The van der Waals surface area contributed by atoms with E-state index in [9.17, 15) is 9.67 Å². The molecule has 0 aliphatic heterocycles. The molecule has 0 aromatic carbocycles. The molecule has 0 spiro atoms. The molecule has 1 rings (SSSR count). The first-order valence-electron chi connectivity index (χ1n) is 5.35. The standard InChI is InChI=1S/C9H19O5P/c10-9(5-6-14-15(11,12)13)7-8-3-1-2-4-8/h8-10H,1-7H2,(H2,11,12,13). The van der Waals surface area contributed by atoms with Gasteiger partial charge in [0.15, 0.2) is 0 Å². The third-order valence-electron chi connectivity index (χ3n) is 2.79. The Labute approximate surface area is 89.7 Å². The van der Waals surface area contributed by atoms with Crippen molar-refractivity contribution < 1.29 is 24.0 Å². The molecule has 0 aromatic heterocycles. The van der Waals surface area contributed by atoms with Gasteiger partial charge in [-0.1, -0.05) is 25.7 Å². The molecule has 1 saturated carbocycles.